The average molecular weight is 160 g/mol. The molecule has 0 aromatic rings. The van der Waals surface area contributed by atoms with Gasteiger partial charge in [-0.1, -0.05) is 6.92 Å². The fourth-order valence-electron chi connectivity index (χ4n) is 1.11. The number of rotatable bonds is 4. The maximum Gasteiger partial charge on any atom is 0.311 e. The van der Waals surface area contributed by atoms with Crippen molar-refractivity contribution in [1.82, 2.24) is 0 Å². The van der Waals surface area contributed by atoms with Crippen LogP contribution in [0.15, 0.2) is 0 Å². The normalized spacial score (nSPS) is 14.5. The molecule has 0 spiro atoms. The molecular weight excluding hydrogens is 144 g/mol. The summed E-state index contributed by atoms with van der Waals surface area (Å²) in [4.78, 5) is 10.7. The van der Waals surface area contributed by atoms with E-state index in [9.17, 15) is 4.79 Å². The number of carbonyl (C=O) groups is 1. The van der Waals surface area contributed by atoms with Crippen LogP contribution in [-0.4, -0.2) is 24.3 Å². The lowest BCUT2D eigenvalue weighted by molar-refractivity contribution is -0.155. The highest BCUT2D eigenvalue weighted by atomic mass is 16.5. The Bertz CT molecular complexity index is 136. The van der Waals surface area contributed by atoms with Crippen LogP contribution < -0.4 is 0 Å². The lowest BCUT2D eigenvalue weighted by atomic mass is 9.85. The van der Waals surface area contributed by atoms with Gasteiger partial charge < -0.3 is 9.84 Å². The second kappa shape index (κ2) is 3.72. The first-order valence-corrected chi connectivity index (χ1v) is 3.73. The summed E-state index contributed by atoms with van der Waals surface area (Å²) >= 11 is 0. The number of hydrogen-bond donors (Lipinski definition) is 1. The number of ether oxygens (including phenoxy) is 1. The second-order valence-electron chi connectivity index (χ2n) is 3.16. The molecule has 66 valence electrons. The third-order valence-electron chi connectivity index (χ3n) is 2.01. The van der Waals surface area contributed by atoms with E-state index < -0.39 is 11.4 Å². The van der Waals surface area contributed by atoms with Gasteiger partial charge >= 0.3 is 5.97 Å². The van der Waals surface area contributed by atoms with E-state index in [0.717, 1.165) is 6.42 Å². The van der Waals surface area contributed by atoms with Gasteiger partial charge in [-0.15, -0.1) is 0 Å². The zero-order valence-electron chi connectivity index (χ0n) is 7.55. The van der Waals surface area contributed by atoms with Gasteiger partial charge in [-0.3, -0.25) is 4.79 Å². The Balaban J connectivity index is 4.36. The van der Waals surface area contributed by atoms with Crippen LogP contribution in [0.5, 0.6) is 0 Å². The van der Waals surface area contributed by atoms with Gasteiger partial charge in [0.05, 0.1) is 11.5 Å². The molecule has 0 amide bonds. The highest BCUT2D eigenvalue weighted by molar-refractivity contribution is 5.74. The van der Waals surface area contributed by atoms with Crippen molar-refractivity contribution < 1.29 is 14.6 Å². The van der Waals surface area contributed by atoms with E-state index in [1.807, 2.05) is 6.92 Å². The van der Waals surface area contributed by atoms with Gasteiger partial charge in [0.15, 0.2) is 0 Å². The molecule has 0 aromatic carbocycles. The SMILES string of the molecule is CCC(OC)C(C)(C)C(=O)O. The maximum atomic E-state index is 10.7. The van der Waals surface area contributed by atoms with Gasteiger partial charge in [0, 0.05) is 7.11 Å². The summed E-state index contributed by atoms with van der Waals surface area (Å²) < 4.78 is 5.04. The third-order valence-corrected chi connectivity index (χ3v) is 2.01. The quantitative estimate of drug-likeness (QED) is 0.678. The topological polar surface area (TPSA) is 46.5 Å². The Morgan fingerprint density at radius 1 is 1.64 bits per heavy atom. The summed E-state index contributed by atoms with van der Waals surface area (Å²) in [7, 11) is 1.54. The third kappa shape index (κ3) is 2.19. The molecule has 3 heteroatoms. The van der Waals surface area contributed by atoms with Gasteiger partial charge in [0.2, 0.25) is 0 Å². The number of carboxylic acids is 1. The molecule has 0 radical (unpaired) electrons. The average Bonchev–Trinajstić information content (AvgIpc) is 1.89. The Labute approximate surface area is 67.4 Å². The van der Waals surface area contributed by atoms with E-state index in [1.165, 1.54) is 0 Å². The van der Waals surface area contributed by atoms with Gasteiger partial charge in [0.1, 0.15) is 0 Å². The van der Waals surface area contributed by atoms with Crippen molar-refractivity contribution >= 4 is 5.97 Å². The highest BCUT2D eigenvalue weighted by Gasteiger charge is 2.35. The van der Waals surface area contributed by atoms with Crippen molar-refractivity contribution in [2.45, 2.75) is 33.3 Å². The molecule has 0 bridgehead atoms. The smallest absolute Gasteiger partial charge is 0.311 e. The molecule has 0 fully saturated rings. The first kappa shape index (κ1) is 10.4. The Morgan fingerprint density at radius 2 is 2.09 bits per heavy atom. The van der Waals surface area contributed by atoms with Crippen LogP contribution in [0.4, 0.5) is 0 Å². The number of aliphatic carboxylic acids is 1. The molecule has 0 heterocycles. The minimum absolute atomic E-state index is 0.208. The maximum absolute atomic E-state index is 10.7. The van der Waals surface area contributed by atoms with Crippen molar-refractivity contribution in [3.63, 3.8) is 0 Å². The van der Waals surface area contributed by atoms with Gasteiger partial charge in [-0.2, -0.15) is 0 Å². The van der Waals surface area contributed by atoms with Crippen molar-refractivity contribution in [3.05, 3.63) is 0 Å². The summed E-state index contributed by atoms with van der Waals surface area (Å²) in [6, 6.07) is 0. The van der Waals surface area contributed by atoms with Crippen LogP contribution in [0.3, 0.4) is 0 Å². The fourth-order valence-corrected chi connectivity index (χ4v) is 1.11. The Hall–Kier alpha value is -0.570. The van der Waals surface area contributed by atoms with Crippen LogP contribution in [0.2, 0.25) is 0 Å². The van der Waals surface area contributed by atoms with E-state index in [1.54, 1.807) is 21.0 Å². The number of carboxylic acid groups (broad SMARTS) is 1. The highest BCUT2D eigenvalue weighted by Crippen LogP contribution is 2.25. The predicted octanol–water partition coefficient (Wildman–Crippen LogP) is 1.52. The first-order chi connectivity index (χ1) is 4.96. The molecule has 0 saturated carbocycles. The molecule has 1 N–H and O–H groups in total. The van der Waals surface area contributed by atoms with Crippen LogP contribution in [-0.2, 0) is 9.53 Å². The molecule has 1 unspecified atom stereocenters. The van der Waals surface area contributed by atoms with Gasteiger partial charge in [0.25, 0.3) is 0 Å². The lowest BCUT2D eigenvalue weighted by Crippen LogP contribution is -2.37. The minimum Gasteiger partial charge on any atom is -0.481 e. The Kier molecular flexibility index (Phi) is 3.52. The van der Waals surface area contributed by atoms with Crippen LogP contribution in [0.1, 0.15) is 27.2 Å². The predicted molar refractivity (Wildman–Crippen MR) is 42.5 cm³/mol. The molecule has 0 aliphatic rings. The molecular formula is C8H16O3. The van der Waals surface area contributed by atoms with Crippen molar-refractivity contribution in [2.24, 2.45) is 5.41 Å². The summed E-state index contributed by atoms with van der Waals surface area (Å²) in [5.74, 6) is -0.814. The van der Waals surface area contributed by atoms with Gasteiger partial charge in [-0.25, -0.2) is 0 Å². The van der Waals surface area contributed by atoms with E-state index in [4.69, 9.17) is 9.84 Å². The lowest BCUT2D eigenvalue weighted by Gasteiger charge is -2.27. The standard InChI is InChI=1S/C8H16O3/c1-5-6(11-4)8(2,3)7(9)10/h6H,5H2,1-4H3,(H,9,10). The molecule has 3 nitrogen and oxygen atoms in total. The first-order valence-electron chi connectivity index (χ1n) is 3.73. The van der Waals surface area contributed by atoms with E-state index in [2.05, 4.69) is 0 Å². The van der Waals surface area contributed by atoms with Crippen LogP contribution in [0.25, 0.3) is 0 Å². The molecule has 0 aliphatic carbocycles. The number of methoxy groups -OCH3 is 1. The summed E-state index contributed by atoms with van der Waals surface area (Å²) in [6.45, 7) is 5.26. The van der Waals surface area contributed by atoms with Crippen molar-refractivity contribution in [2.75, 3.05) is 7.11 Å². The Morgan fingerprint density at radius 3 is 2.18 bits per heavy atom. The largest absolute Gasteiger partial charge is 0.481 e. The molecule has 0 aliphatic heterocycles. The molecule has 0 saturated heterocycles. The van der Waals surface area contributed by atoms with Gasteiger partial charge in [-0.05, 0) is 20.3 Å². The summed E-state index contributed by atoms with van der Waals surface area (Å²) in [5, 5.41) is 8.79. The minimum atomic E-state index is -0.814. The van der Waals surface area contributed by atoms with E-state index >= 15 is 0 Å². The molecule has 0 rings (SSSR count). The molecule has 1 atom stereocenters. The van der Waals surface area contributed by atoms with E-state index in [-0.39, 0.29) is 6.10 Å². The van der Waals surface area contributed by atoms with Crippen LogP contribution in [0, 0.1) is 5.41 Å². The monoisotopic (exact) mass is 160 g/mol. The fraction of sp³-hybridized carbons (Fsp3) is 0.875. The number of hydrogen-bond acceptors (Lipinski definition) is 2. The zero-order chi connectivity index (χ0) is 9.07. The summed E-state index contributed by atoms with van der Waals surface area (Å²) in [5.41, 5.74) is -0.788. The van der Waals surface area contributed by atoms with Crippen molar-refractivity contribution in [3.8, 4) is 0 Å². The molecule has 0 aromatic heterocycles. The van der Waals surface area contributed by atoms with E-state index in [0.29, 0.717) is 0 Å². The van der Waals surface area contributed by atoms with Crippen molar-refractivity contribution in [1.29, 1.82) is 0 Å². The second-order valence-corrected chi connectivity index (χ2v) is 3.16. The van der Waals surface area contributed by atoms with Crippen LogP contribution >= 0.6 is 0 Å². The zero-order valence-corrected chi connectivity index (χ0v) is 7.55. The molecule has 11 heavy (non-hydrogen) atoms. The summed E-state index contributed by atoms with van der Waals surface area (Å²) in [6.07, 6.45) is 0.510.